The van der Waals surface area contributed by atoms with Gasteiger partial charge in [0.15, 0.2) is 5.65 Å². The van der Waals surface area contributed by atoms with Crippen molar-refractivity contribution >= 4 is 39.8 Å². The SMILES string of the molecule is O=c1[nH]c(=O)c2c(NI)onc2[nH]1. The molecule has 0 aliphatic rings. The number of aromatic nitrogens is 3. The van der Waals surface area contributed by atoms with Crippen LogP contribution in [0.1, 0.15) is 0 Å². The van der Waals surface area contributed by atoms with Crippen molar-refractivity contribution < 1.29 is 4.52 Å². The zero-order valence-electron chi connectivity index (χ0n) is 6.05. The first-order chi connectivity index (χ1) is 6.22. The lowest BCUT2D eigenvalue weighted by Gasteiger charge is -1.87. The van der Waals surface area contributed by atoms with Crippen molar-refractivity contribution in [3.05, 3.63) is 20.8 Å². The Hall–Kier alpha value is -1.32. The second-order valence-corrected chi connectivity index (χ2v) is 2.78. The molecule has 2 aromatic heterocycles. The first-order valence-electron chi connectivity index (χ1n) is 3.21. The minimum Gasteiger partial charge on any atom is -0.335 e. The molecule has 0 unspecified atom stereocenters. The van der Waals surface area contributed by atoms with Crippen LogP contribution in [0.3, 0.4) is 0 Å². The predicted molar refractivity (Wildman–Crippen MR) is 52.9 cm³/mol. The molecule has 0 aromatic carbocycles. The molecule has 0 aliphatic heterocycles. The first kappa shape index (κ1) is 8.29. The number of nitrogens with one attached hydrogen (secondary N) is 3. The molecule has 0 saturated heterocycles. The summed E-state index contributed by atoms with van der Waals surface area (Å²) < 4.78 is 7.35. The molecule has 13 heavy (non-hydrogen) atoms. The fourth-order valence-electron chi connectivity index (χ4n) is 0.955. The Labute approximate surface area is 84.0 Å². The third kappa shape index (κ3) is 1.22. The van der Waals surface area contributed by atoms with Crippen LogP contribution in [0, 0.1) is 0 Å². The molecule has 0 radical (unpaired) electrons. The van der Waals surface area contributed by atoms with Crippen molar-refractivity contribution in [2.75, 3.05) is 3.53 Å². The van der Waals surface area contributed by atoms with Crippen LogP contribution in [0.5, 0.6) is 0 Å². The number of nitrogens with zero attached hydrogens (tertiary/aromatic N) is 1. The molecule has 3 N–H and O–H groups in total. The molecule has 0 fully saturated rings. The van der Waals surface area contributed by atoms with Gasteiger partial charge in [-0.25, -0.2) is 4.79 Å². The lowest BCUT2D eigenvalue weighted by Crippen LogP contribution is -2.21. The van der Waals surface area contributed by atoms with Crippen LogP contribution in [0.2, 0.25) is 0 Å². The number of anilines is 1. The topological polar surface area (TPSA) is 104 Å². The summed E-state index contributed by atoms with van der Waals surface area (Å²) in [6.45, 7) is 0. The van der Waals surface area contributed by atoms with Crippen molar-refractivity contribution in [3.63, 3.8) is 0 Å². The molecule has 0 atom stereocenters. The van der Waals surface area contributed by atoms with E-state index in [1.807, 2.05) is 0 Å². The molecule has 0 saturated carbocycles. The fourth-order valence-corrected chi connectivity index (χ4v) is 1.32. The van der Waals surface area contributed by atoms with Gasteiger partial charge in [0.05, 0.1) is 22.9 Å². The summed E-state index contributed by atoms with van der Waals surface area (Å²) in [7, 11) is 0. The van der Waals surface area contributed by atoms with Gasteiger partial charge in [0.2, 0.25) is 5.88 Å². The van der Waals surface area contributed by atoms with Crippen LogP contribution in [0.25, 0.3) is 11.0 Å². The molecule has 0 amide bonds. The zero-order valence-corrected chi connectivity index (χ0v) is 8.21. The number of hydrogen-bond donors (Lipinski definition) is 3. The number of hydrogen-bond acceptors (Lipinski definition) is 5. The second-order valence-electron chi connectivity index (χ2n) is 2.24. The smallest absolute Gasteiger partial charge is 0.327 e. The number of H-pyrrole nitrogens is 2. The Morgan fingerprint density at radius 3 is 2.85 bits per heavy atom. The molecule has 68 valence electrons. The molecule has 2 rings (SSSR count). The summed E-state index contributed by atoms with van der Waals surface area (Å²) in [6.07, 6.45) is 0. The average molecular weight is 294 g/mol. The Morgan fingerprint density at radius 2 is 2.15 bits per heavy atom. The summed E-state index contributed by atoms with van der Waals surface area (Å²) in [5.41, 5.74) is -1.00. The van der Waals surface area contributed by atoms with Gasteiger partial charge in [-0.1, -0.05) is 5.16 Å². The van der Waals surface area contributed by atoms with E-state index in [0.717, 1.165) is 0 Å². The van der Waals surface area contributed by atoms with E-state index in [0.29, 0.717) is 0 Å². The van der Waals surface area contributed by atoms with Gasteiger partial charge >= 0.3 is 5.69 Å². The van der Waals surface area contributed by atoms with E-state index in [9.17, 15) is 9.59 Å². The highest BCUT2D eigenvalue weighted by atomic mass is 127. The van der Waals surface area contributed by atoms with Crippen LogP contribution in [-0.4, -0.2) is 15.1 Å². The third-order valence-corrected chi connectivity index (χ3v) is 1.95. The summed E-state index contributed by atoms with van der Waals surface area (Å²) in [6, 6.07) is 0. The van der Waals surface area contributed by atoms with Crippen LogP contribution in [-0.2, 0) is 0 Å². The monoisotopic (exact) mass is 294 g/mol. The molecule has 0 spiro atoms. The minimum atomic E-state index is -0.606. The van der Waals surface area contributed by atoms with Gasteiger partial charge in [0, 0.05) is 0 Å². The van der Waals surface area contributed by atoms with Crippen molar-refractivity contribution in [3.8, 4) is 0 Å². The Morgan fingerprint density at radius 1 is 1.38 bits per heavy atom. The Bertz CT molecular complexity index is 553. The molecule has 2 aromatic rings. The zero-order chi connectivity index (χ0) is 9.42. The standard InChI is InChI=1S/C5H3IN4O3/c6-9-4-1-2(10-13-4)7-5(12)8-3(1)11/h9H,(H2,7,8,10,11,12). The quantitative estimate of drug-likeness (QED) is 0.506. The highest BCUT2D eigenvalue weighted by Crippen LogP contribution is 2.17. The summed E-state index contributed by atoms with van der Waals surface area (Å²) in [5.74, 6) is 0.216. The fraction of sp³-hybridized carbons (Fsp3) is 0. The van der Waals surface area contributed by atoms with Crippen molar-refractivity contribution in [2.24, 2.45) is 0 Å². The van der Waals surface area contributed by atoms with Crippen LogP contribution >= 0.6 is 22.9 Å². The van der Waals surface area contributed by atoms with Gasteiger partial charge in [-0.3, -0.25) is 18.3 Å². The molecule has 7 nitrogen and oxygen atoms in total. The van der Waals surface area contributed by atoms with E-state index in [1.165, 1.54) is 0 Å². The van der Waals surface area contributed by atoms with Gasteiger partial charge in [-0.05, 0) is 0 Å². The van der Waals surface area contributed by atoms with E-state index >= 15 is 0 Å². The third-order valence-electron chi connectivity index (χ3n) is 1.46. The number of rotatable bonds is 1. The maximum Gasteiger partial charge on any atom is 0.327 e. The van der Waals surface area contributed by atoms with Gasteiger partial charge in [-0.15, -0.1) is 0 Å². The van der Waals surface area contributed by atoms with Crippen LogP contribution in [0.15, 0.2) is 14.1 Å². The van der Waals surface area contributed by atoms with Crippen molar-refractivity contribution in [1.29, 1.82) is 0 Å². The predicted octanol–water partition coefficient (Wildman–Crippen LogP) is -0.0337. The largest absolute Gasteiger partial charge is 0.335 e. The normalized spacial score (nSPS) is 10.5. The molecule has 0 aliphatic carbocycles. The molecular weight excluding hydrogens is 291 g/mol. The van der Waals surface area contributed by atoms with E-state index < -0.39 is 11.2 Å². The molecular formula is C5H3IN4O3. The van der Waals surface area contributed by atoms with Gasteiger partial charge in [0.1, 0.15) is 5.39 Å². The average Bonchev–Trinajstić information content (AvgIpc) is 2.47. The van der Waals surface area contributed by atoms with Gasteiger partial charge in [0.25, 0.3) is 5.56 Å². The highest BCUT2D eigenvalue weighted by molar-refractivity contribution is 14.1. The molecule has 8 heteroatoms. The molecule has 2 heterocycles. The van der Waals surface area contributed by atoms with Crippen LogP contribution < -0.4 is 14.8 Å². The van der Waals surface area contributed by atoms with Crippen molar-refractivity contribution in [2.45, 2.75) is 0 Å². The van der Waals surface area contributed by atoms with Gasteiger partial charge in [-0.2, -0.15) is 0 Å². The highest BCUT2D eigenvalue weighted by Gasteiger charge is 2.11. The summed E-state index contributed by atoms with van der Waals surface area (Å²) in [5, 5.41) is 3.70. The van der Waals surface area contributed by atoms with E-state index in [1.54, 1.807) is 22.9 Å². The summed E-state index contributed by atoms with van der Waals surface area (Å²) in [4.78, 5) is 26.4. The number of aromatic amines is 2. The number of fused-ring (bicyclic) bond motifs is 1. The van der Waals surface area contributed by atoms with Gasteiger partial charge < -0.3 is 4.52 Å². The minimum absolute atomic E-state index is 0.132. The van der Waals surface area contributed by atoms with E-state index in [-0.39, 0.29) is 16.9 Å². The van der Waals surface area contributed by atoms with E-state index in [2.05, 4.69) is 18.7 Å². The Kier molecular flexibility index (Phi) is 1.83. The Balaban J connectivity index is 2.99. The maximum atomic E-state index is 11.2. The second kappa shape index (κ2) is 2.87. The maximum absolute atomic E-state index is 11.2. The number of halogens is 1. The van der Waals surface area contributed by atoms with Crippen LogP contribution in [0.4, 0.5) is 5.88 Å². The van der Waals surface area contributed by atoms with Crippen molar-refractivity contribution in [1.82, 2.24) is 15.1 Å². The first-order valence-corrected chi connectivity index (χ1v) is 4.29. The molecule has 0 bridgehead atoms. The van der Waals surface area contributed by atoms with E-state index in [4.69, 9.17) is 4.52 Å². The lowest BCUT2D eigenvalue weighted by atomic mass is 10.4. The summed E-state index contributed by atoms with van der Waals surface area (Å²) >= 11 is 1.79. The lowest BCUT2D eigenvalue weighted by molar-refractivity contribution is 0.444.